The monoisotopic (exact) mass is 473 g/mol. The van der Waals surface area contributed by atoms with E-state index < -0.39 is 17.8 Å². The molecule has 2 aromatic rings. The van der Waals surface area contributed by atoms with Crippen molar-refractivity contribution in [3.63, 3.8) is 0 Å². The van der Waals surface area contributed by atoms with E-state index in [1.165, 1.54) is 24.3 Å². The van der Waals surface area contributed by atoms with Gasteiger partial charge in [0.25, 0.3) is 11.8 Å². The highest BCUT2D eigenvalue weighted by atomic mass is 35.5. The van der Waals surface area contributed by atoms with Crippen molar-refractivity contribution >= 4 is 29.3 Å². The molecular weight excluding hydrogens is 445 g/mol. The van der Waals surface area contributed by atoms with Gasteiger partial charge in [0.2, 0.25) is 5.91 Å². The Kier molecular flexibility index (Phi) is 8.44. The zero-order valence-electron chi connectivity index (χ0n) is 18.8. The number of amides is 3. The van der Waals surface area contributed by atoms with Crippen LogP contribution in [0, 0.1) is 11.7 Å². The lowest BCUT2D eigenvalue weighted by Gasteiger charge is -2.36. The maximum absolute atomic E-state index is 13.2. The van der Waals surface area contributed by atoms with Crippen LogP contribution in [0.25, 0.3) is 0 Å². The Hall–Kier alpha value is -2.93. The number of carbonyl (C=O) groups excluding carboxylic acids is 3. The first kappa shape index (κ1) is 24.7. The normalized spacial score (nSPS) is 16.1. The Morgan fingerprint density at radius 1 is 1.00 bits per heavy atom. The summed E-state index contributed by atoms with van der Waals surface area (Å²) in [6.07, 6.45) is 1.90. The summed E-state index contributed by atoms with van der Waals surface area (Å²) in [6, 6.07) is 11.2. The minimum atomic E-state index is -0.746. The third kappa shape index (κ3) is 6.54. The van der Waals surface area contributed by atoms with Crippen LogP contribution in [0.4, 0.5) is 4.39 Å². The number of carbonyl (C=O) groups is 3. The van der Waals surface area contributed by atoms with Gasteiger partial charge in [0.1, 0.15) is 11.9 Å². The van der Waals surface area contributed by atoms with Gasteiger partial charge in [0.15, 0.2) is 0 Å². The molecule has 0 spiro atoms. The van der Waals surface area contributed by atoms with Crippen molar-refractivity contribution < 1.29 is 18.8 Å². The summed E-state index contributed by atoms with van der Waals surface area (Å²) in [4.78, 5) is 40.3. The molecule has 1 aliphatic rings. The maximum Gasteiger partial charge on any atom is 0.253 e. The summed E-state index contributed by atoms with van der Waals surface area (Å²) < 4.78 is 13.2. The van der Waals surface area contributed by atoms with Crippen LogP contribution in [-0.2, 0) is 4.79 Å². The molecule has 8 heteroatoms. The van der Waals surface area contributed by atoms with E-state index in [-0.39, 0.29) is 29.3 Å². The quantitative estimate of drug-likeness (QED) is 0.637. The fourth-order valence-electron chi connectivity index (χ4n) is 3.87. The number of halogens is 2. The first-order chi connectivity index (χ1) is 15.8. The van der Waals surface area contributed by atoms with Gasteiger partial charge in [-0.15, -0.1) is 0 Å². The fraction of sp³-hybridized carbons (Fsp3) is 0.400. The predicted molar refractivity (Wildman–Crippen MR) is 126 cm³/mol. The predicted octanol–water partition coefficient (Wildman–Crippen LogP) is 4.04. The van der Waals surface area contributed by atoms with Crippen molar-refractivity contribution in [2.24, 2.45) is 5.92 Å². The van der Waals surface area contributed by atoms with Crippen LogP contribution in [0.2, 0.25) is 5.02 Å². The molecule has 3 amide bonds. The maximum atomic E-state index is 13.2. The molecular formula is C25H29ClFN3O3. The molecule has 33 heavy (non-hydrogen) atoms. The second kappa shape index (κ2) is 11.3. The number of piperidine rings is 1. The van der Waals surface area contributed by atoms with Gasteiger partial charge in [-0.3, -0.25) is 14.4 Å². The van der Waals surface area contributed by atoms with Gasteiger partial charge in [0.05, 0.1) is 0 Å². The minimum Gasteiger partial charge on any atom is -0.352 e. The first-order valence-corrected chi connectivity index (χ1v) is 11.6. The molecule has 0 bridgehead atoms. The largest absolute Gasteiger partial charge is 0.352 e. The molecule has 1 fully saturated rings. The van der Waals surface area contributed by atoms with Crippen LogP contribution in [0.3, 0.4) is 0 Å². The summed E-state index contributed by atoms with van der Waals surface area (Å²) in [5.74, 6) is -1.33. The van der Waals surface area contributed by atoms with E-state index in [1.807, 2.05) is 13.8 Å². The average Bonchev–Trinajstić information content (AvgIpc) is 2.82. The molecule has 0 unspecified atom stereocenters. The van der Waals surface area contributed by atoms with Gasteiger partial charge >= 0.3 is 0 Å². The molecule has 0 aliphatic carbocycles. The molecule has 2 atom stereocenters. The van der Waals surface area contributed by atoms with Crippen molar-refractivity contribution in [2.75, 3.05) is 13.1 Å². The number of nitrogens with one attached hydrogen (secondary N) is 2. The number of nitrogens with zero attached hydrogens (tertiary/aromatic N) is 1. The van der Waals surface area contributed by atoms with Gasteiger partial charge in [-0.1, -0.05) is 18.5 Å². The second-order valence-corrected chi connectivity index (χ2v) is 8.85. The molecule has 2 aromatic carbocycles. The highest BCUT2D eigenvalue weighted by Gasteiger charge is 2.34. The lowest BCUT2D eigenvalue weighted by Crippen LogP contribution is -2.55. The SMILES string of the molecule is CC[C@@H](C)NC(=O)[C@@H](NC(=O)c1ccc(F)cc1)C1CCN(C(=O)c2ccc(Cl)cc2)CC1. The number of benzene rings is 2. The summed E-state index contributed by atoms with van der Waals surface area (Å²) in [5.41, 5.74) is 0.849. The van der Waals surface area contributed by atoms with E-state index in [0.717, 1.165) is 6.42 Å². The summed E-state index contributed by atoms with van der Waals surface area (Å²) >= 11 is 5.91. The van der Waals surface area contributed by atoms with Crippen LogP contribution in [-0.4, -0.2) is 47.8 Å². The number of hydrogen-bond acceptors (Lipinski definition) is 3. The molecule has 176 valence electrons. The summed E-state index contributed by atoms with van der Waals surface area (Å²) in [6.45, 7) is 4.83. The number of rotatable bonds is 7. The van der Waals surface area contributed by atoms with Gasteiger partial charge in [-0.2, -0.15) is 0 Å². The van der Waals surface area contributed by atoms with Crippen LogP contribution in [0.5, 0.6) is 0 Å². The third-order valence-corrected chi connectivity index (χ3v) is 6.32. The zero-order valence-corrected chi connectivity index (χ0v) is 19.6. The van der Waals surface area contributed by atoms with Crippen molar-refractivity contribution in [2.45, 2.75) is 45.2 Å². The number of likely N-dealkylation sites (tertiary alicyclic amines) is 1. The van der Waals surface area contributed by atoms with Crippen molar-refractivity contribution in [1.82, 2.24) is 15.5 Å². The van der Waals surface area contributed by atoms with Crippen LogP contribution < -0.4 is 10.6 Å². The molecule has 0 aromatic heterocycles. The lowest BCUT2D eigenvalue weighted by molar-refractivity contribution is -0.125. The van der Waals surface area contributed by atoms with E-state index in [4.69, 9.17) is 11.6 Å². The smallest absolute Gasteiger partial charge is 0.253 e. The standard InChI is InChI=1S/C25H29ClFN3O3/c1-3-16(2)28-24(32)22(29-23(31)18-6-10-21(27)11-7-18)17-12-14-30(15-13-17)25(33)19-4-8-20(26)9-5-19/h4-11,16-17,22H,3,12-15H2,1-2H3,(H,28,32)(H,29,31)/t16-,22+/m1/s1. The highest BCUT2D eigenvalue weighted by Crippen LogP contribution is 2.23. The van der Waals surface area contributed by atoms with Gasteiger partial charge in [-0.25, -0.2) is 4.39 Å². The molecule has 2 N–H and O–H groups in total. The van der Waals surface area contributed by atoms with E-state index >= 15 is 0 Å². The summed E-state index contributed by atoms with van der Waals surface area (Å²) in [7, 11) is 0. The van der Waals surface area contributed by atoms with Gasteiger partial charge in [-0.05, 0) is 80.6 Å². The van der Waals surface area contributed by atoms with Crippen LogP contribution >= 0.6 is 11.6 Å². The van der Waals surface area contributed by atoms with Crippen molar-refractivity contribution in [3.8, 4) is 0 Å². The first-order valence-electron chi connectivity index (χ1n) is 11.2. The van der Waals surface area contributed by atoms with E-state index in [2.05, 4.69) is 10.6 Å². The third-order valence-electron chi connectivity index (χ3n) is 6.07. The molecule has 1 saturated heterocycles. The van der Waals surface area contributed by atoms with E-state index in [0.29, 0.717) is 36.5 Å². The Bertz CT molecular complexity index is 973. The molecule has 0 radical (unpaired) electrons. The highest BCUT2D eigenvalue weighted by molar-refractivity contribution is 6.30. The van der Waals surface area contributed by atoms with E-state index in [1.54, 1.807) is 29.2 Å². The van der Waals surface area contributed by atoms with Crippen LogP contribution in [0.15, 0.2) is 48.5 Å². The van der Waals surface area contributed by atoms with Crippen molar-refractivity contribution in [3.05, 3.63) is 70.5 Å². The Balaban J connectivity index is 1.69. The Morgan fingerprint density at radius 3 is 2.15 bits per heavy atom. The van der Waals surface area contributed by atoms with Gasteiger partial charge in [0, 0.05) is 35.3 Å². The Labute approximate surface area is 198 Å². The molecule has 6 nitrogen and oxygen atoms in total. The van der Waals surface area contributed by atoms with Gasteiger partial charge < -0.3 is 15.5 Å². The minimum absolute atomic E-state index is 0.0331. The molecule has 3 rings (SSSR count). The zero-order chi connectivity index (χ0) is 24.0. The molecule has 0 saturated carbocycles. The fourth-order valence-corrected chi connectivity index (χ4v) is 3.99. The van der Waals surface area contributed by atoms with Crippen molar-refractivity contribution in [1.29, 1.82) is 0 Å². The Morgan fingerprint density at radius 2 is 1.58 bits per heavy atom. The topological polar surface area (TPSA) is 78.5 Å². The second-order valence-electron chi connectivity index (χ2n) is 8.41. The average molecular weight is 474 g/mol. The molecule has 1 heterocycles. The number of hydrogen-bond donors (Lipinski definition) is 2. The van der Waals surface area contributed by atoms with E-state index in [9.17, 15) is 18.8 Å². The summed E-state index contributed by atoms with van der Waals surface area (Å²) in [5, 5.41) is 6.36. The van der Waals surface area contributed by atoms with Crippen LogP contribution in [0.1, 0.15) is 53.8 Å². The molecule has 1 aliphatic heterocycles. The lowest BCUT2D eigenvalue weighted by atomic mass is 9.88.